The molecule has 1 aliphatic heterocycles. The first-order valence-electron chi connectivity index (χ1n) is 10.3. The largest absolute Gasteiger partial charge is 0.378 e. The number of morpholine rings is 1. The molecule has 6 nitrogen and oxygen atoms in total. The normalized spacial score (nSPS) is 14.4. The molecule has 1 aliphatic rings. The van der Waals surface area contributed by atoms with Crippen LogP contribution in [0.2, 0.25) is 0 Å². The molecule has 7 heteroatoms. The standard InChI is InChI=1S/C22H30FN3O3/c1-4-9-26(20(27)14-16(2)3)15-19-21(17-5-7-18(23)8-6-17)24-29-22(19)25-10-12-28-13-11-25/h5-8,16H,4,9-15H2,1-3H3. The van der Waals surface area contributed by atoms with Crippen LogP contribution in [-0.2, 0) is 16.1 Å². The van der Waals surface area contributed by atoms with E-state index in [0.717, 1.165) is 17.5 Å². The molecule has 158 valence electrons. The van der Waals surface area contributed by atoms with E-state index in [1.807, 2.05) is 18.7 Å². The van der Waals surface area contributed by atoms with Crippen LogP contribution in [0.1, 0.15) is 39.2 Å². The average molecular weight is 403 g/mol. The minimum Gasteiger partial charge on any atom is -0.378 e. The zero-order valence-electron chi connectivity index (χ0n) is 17.5. The van der Waals surface area contributed by atoms with Crippen LogP contribution in [0.3, 0.4) is 0 Å². The molecule has 0 saturated carbocycles. The van der Waals surface area contributed by atoms with Crippen molar-refractivity contribution < 1.29 is 18.4 Å². The smallest absolute Gasteiger partial charge is 0.233 e. The van der Waals surface area contributed by atoms with E-state index in [-0.39, 0.29) is 11.7 Å². The second kappa shape index (κ2) is 9.87. The van der Waals surface area contributed by atoms with Crippen LogP contribution in [0.4, 0.5) is 10.3 Å². The third kappa shape index (κ3) is 5.35. The average Bonchev–Trinajstić information content (AvgIpc) is 3.12. The lowest BCUT2D eigenvalue weighted by Crippen LogP contribution is -2.37. The summed E-state index contributed by atoms with van der Waals surface area (Å²) in [5.41, 5.74) is 2.30. The van der Waals surface area contributed by atoms with E-state index < -0.39 is 0 Å². The molecule has 1 amide bonds. The number of nitrogens with zero attached hydrogens (tertiary/aromatic N) is 3. The van der Waals surface area contributed by atoms with Crippen LogP contribution in [0.5, 0.6) is 0 Å². The van der Waals surface area contributed by atoms with Gasteiger partial charge in [0.1, 0.15) is 11.5 Å². The number of amides is 1. The monoisotopic (exact) mass is 403 g/mol. The molecule has 0 radical (unpaired) electrons. The summed E-state index contributed by atoms with van der Waals surface area (Å²) in [6.07, 6.45) is 1.37. The fourth-order valence-corrected chi connectivity index (χ4v) is 3.52. The number of benzene rings is 1. The SMILES string of the molecule is CCCN(Cc1c(-c2ccc(F)cc2)noc1N1CCOCC1)C(=O)CC(C)C. The number of anilines is 1. The maximum Gasteiger partial charge on any atom is 0.233 e. The van der Waals surface area contributed by atoms with Crippen molar-refractivity contribution in [3.05, 3.63) is 35.6 Å². The maximum atomic E-state index is 13.4. The Kier molecular flexibility index (Phi) is 7.25. The number of rotatable bonds is 8. The molecule has 0 N–H and O–H groups in total. The van der Waals surface area contributed by atoms with Crippen LogP contribution >= 0.6 is 0 Å². The quantitative estimate of drug-likeness (QED) is 0.664. The van der Waals surface area contributed by atoms with E-state index in [9.17, 15) is 9.18 Å². The Morgan fingerprint density at radius 2 is 1.93 bits per heavy atom. The van der Waals surface area contributed by atoms with Gasteiger partial charge in [-0.05, 0) is 36.6 Å². The first-order chi connectivity index (χ1) is 14.0. The van der Waals surface area contributed by atoms with Gasteiger partial charge < -0.3 is 19.1 Å². The Hall–Kier alpha value is -2.41. The summed E-state index contributed by atoms with van der Waals surface area (Å²) in [5.74, 6) is 0.790. The molecule has 0 atom stereocenters. The van der Waals surface area contributed by atoms with Gasteiger partial charge in [0.2, 0.25) is 11.8 Å². The molecule has 1 saturated heterocycles. The van der Waals surface area contributed by atoms with E-state index in [4.69, 9.17) is 9.26 Å². The minimum absolute atomic E-state index is 0.126. The van der Waals surface area contributed by atoms with Gasteiger partial charge in [-0.15, -0.1) is 0 Å². The van der Waals surface area contributed by atoms with Gasteiger partial charge in [0.05, 0.1) is 25.3 Å². The molecule has 1 aromatic carbocycles. The number of hydrogen-bond acceptors (Lipinski definition) is 5. The zero-order valence-corrected chi connectivity index (χ0v) is 17.5. The van der Waals surface area contributed by atoms with Crippen molar-refractivity contribution in [2.24, 2.45) is 5.92 Å². The number of hydrogen-bond donors (Lipinski definition) is 0. The lowest BCUT2D eigenvalue weighted by atomic mass is 10.1. The Morgan fingerprint density at radius 3 is 2.55 bits per heavy atom. The molecule has 2 aromatic rings. The molecule has 1 aromatic heterocycles. The number of carbonyl (C=O) groups excluding carboxylic acids is 1. The molecule has 0 unspecified atom stereocenters. The van der Waals surface area contributed by atoms with Crippen molar-refractivity contribution in [2.75, 3.05) is 37.7 Å². The molecule has 1 fully saturated rings. The number of carbonyl (C=O) groups is 1. The van der Waals surface area contributed by atoms with Crippen molar-refractivity contribution in [2.45, 2.75) is 40.2 Å². The molecule has 0 aliphatic carbocycles. The van der Waals surface area contributed by atoms with Gasteiger partial charge in [-0.1, -0.05) is 25.9 Å². The van der Waals surface area contributed by atoms with Crippen LogP contribution in [0.15, 0.2) is 28.8 Å². The summed E-state index contributed by atoms with van der Waals surface area (Å²) in [6, 6.07) is 6.21. The van der Waals surface area contributed by atoms with E-state index in [1.54, 1.807) is 12.1 Å². The highest BCUT2D eigenvalue weighted by atomic mass is 19.1. The lowest BCUT2D eigenvalue weighted by Gasteiger charge is -2.28. The summed E-state index contributed by atoms with van der Waals surface area (Å²) in [5, 5.41) is 4.31. The molecule has 0 bridgehead atoms. The Bertz CT molecular complexity index is 798. The number of aromatic nitrogens is 1. The highest BCUT2D eigenvalue weighted by molar-refractivity contribution is 5.77. The van der Waals surface area contributed by atoms with E-state index in [1.165, 1.54) is 12.1 Å². The fourth-order valence-electron chi connectivity index (χ4n) is 3.52. The van der Waals surface area contributed by atoms with Crippen molar-refractivity contribution in [3.63, 3.8) is 0 Å². The van der Waals surface area contributed by atoms with Gasteiger partial charge in [-0.3, -0.25) is 4.79 Å². The summed E-state index contributed by atoms with van der Waals surface area (Å²) in [6.45, 7) is 9.90. The number of ether oxygens (including phenoxy) is 1. The first kappa shape index (κ1) is 21.3. The van der Waals surface area contributed by atoms with Crippen LogP contribution in [0.25, 0.3) is 11.3 Å². The first-order valence-corrected chi connectivity index (χ1v) is 10.3. The van der Waals surface area contributed by atoms with Gasteiger partial charge in [-0.2, -0.15) is 0 Å². The molecule has 3 rings (SSSR count). The van der Waals surface area contributed by atoms with Gasteiger partial charge in [0.25, 0.3) is 0 Å². The van der Waals surface area contributed by atoms with Crippen molar-refractivity contribution >= 4 is 11.8 Å². The van der Waals surface area contributed by atoms with Gasteiger partial charge >= 0.3 is 0 Å². The molecular weight excluding hydrogens is 373 g/mol. The topological polar surface area (TPSA) is 58.8 Å². The minimum atomic E-state index is -0.299. The highest BCUT2D eigenvalue weighted by Gasteiger charge is 2.27. The summed E-state index contributed by atoms with van der Waals surface area (Å²) in [4.78, 5) is 16.8. The molecule has 2 heterocycles. The predicted octanol–water partition coefficient (Wildman–Crippen LogP) is 4.10. The Balaban J connectivity index is 1.96. The second-order valence-electron chi connectivity index (χ2n) is 7.83. The van der Waals surface area contributed by atoms with Crippen molar-refractivity contribution in [1.82, 2.24) is 10.1 Å². The van der Waals surface area contributed by atoms with Gasteiger partial charge in [0.15, 0.2) is 0 Å². The third-order valence-electron chi connectivity index (χ3n) is 4.96. The molecule has 29 heavy (non-hydrogen) atoms. The Morgan fingerprint density at radius 1 is 1.24 bits per heavy atom. The van der Waals surface area contributed by atoms with Gasteiger partial charge in [-0.25, -0.2) is 4.39 Å². The second-order valence-corrected chi connectivity index (χ2v) is 7.83. The number of halogens is 1. The van der Waals surface area contributed by atoms with Gasteiger partial charge in [0, 0.05) is 31.6 Å². The molecule has 0 spiro atoms. The van der Waals surface area contributed by atoms with E-state index >= 15 is 0 Å². The maximum absolute atomic E-state index is 13.4. The summed E-state index contributed by atoms with van der Waals surface area (Å²) < 4.78 is 24.6. The predicted molar refractivity (Wildman–Crippen MR) is 110 cm³/mol. The van der Waals surface area contributed by atoms with Crippen molar-refractivity contribution in [3.8, 4) is 11.3 Å². The van der Waals surface area contributed by atoms with Crippen LogP contribution < -0.4 is 4.90 Å². The molecular formula is C22H30FN3O3. The van der Waals surface area contributed by atoms with E-state index in [0.29, 0.717) is 63.3 Å². The van der Waals surface area contributed by atoms with Crippen molar-refractivity contribution in [1.29, 1.82) is 0 Å². The lowest BCUT2D eigenvalue weighted by molar-refractivity contribution is -0.132. The highest BCUT2D eigenvalue weighted by Crippen LogP contribution is 2.33. The summed E-state index contributed by atoms with van der Waals surface area (Å²) >= 11 is 0. The Labute approximate surface area is 171 Å². The van der Waals surface area contributed by atoms with Crippen LogP contribution in [-0.4, -0.2) is 48.8 Å². The van der Waals surface area contributed by atoms with E-state index in [2.05, 4.69) is 17.0 Å². The fraction of sp³-hybridized carbons (Fsp3) is 0.545. The summed E-state index contributed by atoms with van der Waals surface area (Å²) in [7, 11) is 0. The van der Waals surface area contributed by atoms with Crippen LogP contribution in [0, 0.1) is 11.7 Å². The third-order valence-corrected chi connectivity index (χ3v) is 4.96. The zero-order chi connectivity index (χ0) is 20.8.